The van der Waals surface area contributed by atoms with Crippen LogP contribution in [0.15, 0.2) is 18.2 Å². The van der Waals surface area contributed by atoms with Crippen molar-refractivity contribution in [3.63, 3.8) is 0 Å². The number of rotatable bonds is 4. The molecule has 0 atom stereocenters. The number of alkyl halides is 1. The van der Waals surface area contributed by atoms with E-state index in [1.807, 2.05) is 18.2 Å². The summed E-state index contributed by atoms with van der Waals surface area (Å²) in [7, 11) is 3.21. The Balaban J connectivity index is 3.05. The lowest BCUT2D eigenvalue weighted by Crippen LogP contribution is -1.96. The molecule has 1 rings (SSSR count). The van der Waals surface area contributed by atoms with E-state index in [1.165, 1.54) is 0 Å². The zero-order valence-corrected chi connectivity index (χ0v) is 9.70. The van der Waals surface area contributed by atoms with E-state index in [-0.39, 0.29) is 0 Å². The highest BCUT2D eigenvalue weighted by atomic mass is 127. The molecule has 13 heavy (non-hydrogen) atoms. The summed E-state index contributed by atoms with van der Waals surface area (Å²) in [6.07, 6.45) is 0. The Morgan fingerprint density at radius 2 is 1.69 bits per heavy atom. The maximum Gasteiger partial charge on any atom is 0.204 e. The molecule has 1 aromatic carbocycles. The number of halogens is 1. The standard InChI is InChI=1S/C9H11IO3/c1-11-7-4-3-5-8(12-2)9(7)13-6-10/h3-5H,6H2,1-2H3. The smallest absolute Gasteiger partial charge is 0.204 e. The van der Waals surface area contributed by atoms with Gasteiger partial charge in [0.05, 0.1) is 14.2 Å². The zero-order chi connectivity index (χ0) is 9.68. The lowest BCUT2D eigenvalue weighted by atomic mass is 10.3. The van der Waals surface area contributed by atoms with Gasteiger partial charge in [0.1, 0.15) is 4.61 Å². The van der Waals surface area contributed by atoms with Gasteiger partial charge in [0, 0.05) is 0 Å². The van der Waals surface area contributed by atoms with Crippen LogP contribution >= 0.6 is 22.6 Å². The van der Waals surface area contributed by atoms with Gasteiger partial charge < -0.3 is 14.2 Å². The monoisotopic (exact) mass is 294 g/mol. The molecule has 0 bridgehead atoms. The average molecular weight is 294 g/mol. The van der Waals surface area contributed by atoms with Crippen LogP contribution in [0.1, 0.15) is 0 Å². The largest absolute Gasteiger partial charge is 0.493 e. The topological polar surface area (TPSA) is 27.7 Å². The Hall–Kier alpha value is -0.650. The number of methoxy groups -OCH3 is 2. The molecule has 0 aliphatic carbocycles. The quantitative estimate of drug-likeness (QED) is 0.630. The fourth-order valence-electron chi connectivity index (χ4n) is 1.01. The molecule has 0 aliphatic heterocycles. The number of benzene rings is 1. The van der Waals surface area contributed by atoms with Crippen LogP contribution < -0.4 is 14.2 Å². The van der Waals surface area contributed by atoms with E-state index < -0.39 is 0 Å². The Labute approximate surface area is 91.1 Å². The van der Waals surface area contributed by atoms with Crippen LogP contribution in [0, 0.1) is 0 Å². The first kappa shape index (κ1) is 10.4. The van der Waals surface area contributed by atoms with Crippen LogP contribution in [-0.2, 0) is 0 Å². The van der Waals surface area contributed by atoms with Crippen LogP contribution in [0.5, 0.6) is 17.2 Å². The minimum absolute atomic E-state index is 0.564. The third-order valence-electron chi connectivity index (χ3n) is 1.58. The van der Waals surface area contributed by atoms with Crippen molar-refractivity contribution in [2.24, 2.45) is 0 Å². The molecule has 0 N–H and O–H groups in total. The second-order valence-electron chi connectivity index (χ2n) is 2.25. The Morgan fingerprint density at radius 1 is 1.15 bits per heavy atom. The maximum atomic E-state index is 5.39. The zero-order valence-electron chi connectivity index (χ0n) is 7.54. The Bertz CT molecular complexity index is 253. The number of ether oxygens (including phenoxy) is 3. The second kappa shape index (κ2) is 5.16. The number of hydrogen-bond acceptors (Lipinski definition) is 3. The first-order valence-electron chi connectivity index (χ1n) is 3.73. The summed E-state index contributed by atoms with van der Waals surface area (Å²) < 4.78 is 16.2. The summed E-state index contributed by atoms with van der Waals surface area (Å²) in [5.74, 6) is 2.04. The molecular formula is C9H11IO3. The summed E-state index contributed by atoms with van der Waals surface area (Å²) in [5.41, 5.74) is 0. The Kier molecular flexibility index (Phi) is 4.14. The lowest BCUT2D eigenvalue weighted by molar-refractivity contribution is 0.320. The molecule has 0 unspecified atom stereocenters. The van der Waals surface area contributed by atoms with Crippen LogP contribution in [0.2, 0.25) is 0 Å². The first-order chi connectivity index (χ1) is 6.33. The molecule has 0 saturated carbocycles. The molecule has 72 valence electrons. The lowest BCUT2D eigenvalue weighted by Gasteiger charge is -2.11. The van der Waals surface area contributed by atoms with Gasteiger partial charge in [-0.25, -0.2) is 0 Å². The van der Waals surface area contributed by atoms with Gasteiger partial charge in [0.25, 0.3) is 0 Å². The molecule has 0 spiro atoms. The summed E-state index contributed by atoms with van der Waals surface area (Å²) >= 11 is 2.12. The molecule has 0 fully saturated rings. The van der Waals surface area contributed by atoms with Crippen molar-refractivity contribution in [2.45, 2.75) is 0 Å². The van der Waals surface area contributed by atoms with Gasteiger partial charge in [0.15, 0.2) is 11.5 Å². The van der Waals surface area contributed by atoms with Crippen molar-refractivity contribution in [1.82, 2.24) is 0 Å². The minimum atomic E-state index is 0.564. The summed E-state index contributed by atoms with van der Waals surface area (Å²) in [5, 5.41) is 0. The van der Waals surface area contributed by atoms with Crippen molar-refractivity contribution < 1.29 is 14.2 Å². The van der Waals surface area contributed by atoms with Gasteiger partial charge in [-0.2, -0.15) is 0 Å². The van der Waals surface area contributed by atoms with E-state index in [4.69, 9.17) is 14.2 Å². The molecule has 4 heteroatoms. The minimum Gasteiger partial charge on any atom is -0.493 e. The Morgan fingerprint density at radius 3 is 2.08 bits per heavy atom. The van der Waals surface area contributed by atoms with Gasteiger partial charge in [-0.3, -0.25) is 0 Å². The third-order valence-corrected chi connectivity index (χ3v) is 1.89. The fourth-order valence-corrected chi connectivity index (χ4v) is 1.33. The van der Waals surface area contributed by atoms with Crippen LogP contribution in [0.4, 0.5) is 0 Å². The van der Waals surface area contributed by atoms with Crippen LogP contribution in [0.3, 0.4) is 0 Å². The first-order valence-corrected chi connectivity index (χ1v) is 5.25. The van der Waals surface area contributed by atoms with Gasteiger partial charge in [-0.05, 0) is 34.7 Å². The maximum absolute atomic E-state index is 5.39. The molecular weight excluding hydrogens is 283 g/mol. The second-order valence-corrected chi connectivity index (χ2v) is 2.87. The number of para-hydroxylation sites is 1. The molecule has 3 nitrogen and oxygen atoms in total. The SMILES string of the molecule is COc1cccc(OC)c1OCI. The van der Waals surface area contributed by atoms with E-state index in [2.05, 4.69) is 22.6 Å². The van der Waals surface area contributed by atoms with E-state index in [1.54, 1.807) is 14.2 Å². The summed E-state index contributed by atoms with van der Waals surface area (Å²) in [6, 6.07) is 5.53. The van der Waals surface area contributed by atoms with Crippen molar-refractivity contribution in [3.8, 4) is 17.2 Å². The van der Waals surface area contributed by atoms with Crippen LogP contribution in [-0.4, -0.2) is 18.8 Å². The highest BCUT2D eigenvalue weighted by Gasteiger charge is 2.09. The van der Waals surface area contributed by atoms with Crippen LogP contribution in [0.25, 0.3) is 0 Å². The number of hydrogen-bond donors (Lipinski definition) is 0. The normalized spacial score (nSPS) is 9.46. The predicted molar refractivity (Wildman–Crippen MR) is 59.1 cm³/mol. The fraction of sp³-hybridized carbons (Fsp3) is 0.333. The van der Waals surface area contributed by atoms with Crippen molar-refractivity contribution in [3.05, 3.63) is 18.2 Å². The van der Waals surface area contributed by atoms with Gasteiger partial charge >= 0.3 is 0 Å². The highest BCUT2D eigenvalue weighted by molar-refractivity contribution is 14.1. The van der Waals surface area contributed by atoms with Gasteiger partial charge in [-0.1, -0.05) is 6.07 Å². The highest BCUT2D eigenvalue weighted by Crippen LogP contribution is 2.36. The summed E-state index contributed by atoms with van der Waals surface area (Å²) in [6.45, 7) is 0. The van der Waals surface area contributed by atoms with Crippen molar-refractivity contribution in [1.29, 1.82) is 0 Å². The molecule has 0 saturated heterocycles. The molecule has 0 aromatic heterocycles. The van der Waals surface area contributed by atoms with Gasteiger partial charge in [-0.15, -0.1) is 0 Å². The van der Waals surface area contributed by atoms with E-state index in [0.717, 1.165) is 0 Å². The summed E-state index contributed by atoms with van der Waals surface area (Å²) in [4.78, 5) is 0. The third kappa shape index (κ3) is 2.40. The molecule has 0 radical (unpaired) electrons. The molecule has 1 aromatic rings. The molecule has 0 heterocycles. The predicted octanol–water partition coefficient (Wildman–Crippen LogP) is 2.48. The van der Waals surface area contributed by atoms with E-state index in [9.17, 15) is 0 Å². The molecule has 0 amide bonds. The van der Waals surface area contributed by atoms with E-state index >= 15 is 0 Å². The van der Waals surface area contributed by atoms with Crippen molar-refractivity contribution >= 4 is 22.6 Å². The van der Waals surface area contributed by atoms with Gasteiger partial charge in [0.2, 0.25) is 5.75 Å². The molecule has 0 aliphatic rings. The average Bonchev–Trinajstić information content (AvgIpc) is 2.18. The van der Waals surface area contributed by atoms with Crippen molar-refractivity contribution in [2.75, 3.05) is 18.8 Å². The van der Waals surface area contributed by atoms with E-state index in [0.29, 0.717) is 21.9 Å².